The molecular formula is C19H20INO. The molecule has 2 nitrogen and oxygen atoms in total. The number of anilines is 1. The zero-order valence-corrected chi connectivity index (χ0v) is 15.0. The van der Waals surface area contributed by atoms with Crippen LogP contribution in [0.4, 0.5) is 5.69 Å². The van der Waals surface area contributed by atoms with Crippen molar-refractivity contribution < 1.29 is 4.79 Å². The Labute approximate surface area is 145 Å². The Kier molecular flexibility index (Phi) is 4.81. The number of alkyl halides is 1. The first-order chi connectivity index (χ1) is 10.7. The van der Waals surface area contributed by atoms with Crippen LogP contribution >= 0.6 is 22.6 Å². The average Bonchev–Trinajstić information content (AvgIpc) is 2.54. The Hall–Kier alpha value is -1.36. The van der Waals surface area contributed by atoms with E-state index in [0.717, 1.165) is 41.5 Å². The summed E-state index contributed by atoms with van der Waals surface area (Å²) in [6, 6.07) is 14.5. The van der Waals surface area contributed by atoms with E-state index in [1.165, 1.54) is 16.7 Å². The lowest BCUT2D eigenvalue weighted by molar-refractivity contribution is 0.0985. The maximum atomic E-state index is 12.9. The molecule has 2 aromatic carbocycles. The smallest absolute Gasteiger partial charge is 0.258 e. The number of carbonyl (C=O) groups is 1. The van der Waals surface area contributed by atoms with Gasteiger partial charge in [-0.3, -0.25) is 4.79 Å². The minimum absolute atomic E-state index is 0.125. The molecule has 0 saturated heterocycles. The second-order valence-electron chi connectivity index (χ2n) is 5.83. The summed E-state index contributed by atoms with van der Waals surface area (Å²) in [5.41, 5.74) is 5.68. The lowest BCUT2D eigenvalue weighted by atomic mass is 9.98. The van der Waals surface area contributed by atoms with Gasteiger partial charge in [-0.15, -0.1) is 0 Å². The number of aryl methyl sites for hydroxylation is 3. The molecule has 3 heteroatoms. The molecule has 3 rings (SSSR count). The van der Waals surface area contributed by atoms with Crippen molar-refractivity contribution in [1.29, 1.82) is 0 Å². The SMILES string of the molecule is Cc1ccc2c(c1)CCCN2C(=O)c1cccc(CCI)c1. The minimum atomic E-state index is 0.125. The predicted molar refractivity (Wildman–Crippen MR) is 100 cm³/mol. The Balaban J connectivity index is 1.92. The summed E-state index contributed by atoms with van der Waals surface area (Å²) in [7, 11) is 0. The Morgan fingerprint density at radius 3 is 2.91 bits per heavy atom. The highest BCUT2D eigenvalue weighted by atomic mass is 127. The van der Waals surface area contributed by atoms with Gasteiger partial charge in [0.25, 0.3) is 5.91 Å². The fraction of sp³-hybridized carbons (Fsp3) is 0.316. The Morgan fingerprint density at radius 1 is 1.23 bits per heavy atom. The fourth-order valence-electron chi connectivity index (χ4n) is 3.06. The van der Waals surface area contributed by atoms with Crippen LogP contribution < -0.4 is 4.90 Å². The van der Waals surface area contributed by atoms with Crippen LogP contribution in [0.1, 0.15) is 33.5 Å². The lowest BCUT2D eigenvalue weighted by Crippen LogP contribution is -2.35. The molecule has 1 aliphatic rings. The van der Waals surface area contributed by atoms with Crippen molar-refractivity contribution in [3.05, 3.63) is 64.7 Å². The highest BCUT2D eigenvalue weighted by Gasteiger charge is 2.23. The first kappa shape index (κ1) is 15.5. The minimum Gasteiger partial charge on any atom is -0.308 e. The van der Waals surface area contributed by atoms with Crippen molar-refractivity contribution in [3.63, 3.8) is 0 Å². The van der Waals surface area contributed by atoms with E-state index in [0.29, 0.717) is 0 Å². The first-order valence-corrected chi connectivity index (χ1v) is 9.28. The van der Waals surface area contributed by atoms with Gasteiger partial charge in [0.2, 0.25) is 0 Å². The molecule has 1 heterocycles. The van der Waals surface area contributed by atoms with E-state index in [2.05, 4.69) is 53.8 Å². The van der Waals surface area contributed by atoms with Gasteiger partial charge in [0, 0.05) is 22.2 Å². The number of amides is 1. The van der Waals surface area contributed by atoms with Gasteiger partial charge in [-0.05, 0) is 55.5 Å². The molecule has 0 radical (unpaired) electrons. The molecule has 0 fully saturated rings. The van der Waals surface area contributed by atoms with Crippen molar-refractivity contribution in [3.8, 4) is 0 Å². The van der Waals surface area contributed by atoms with Gasteiger partial charge in [-0.25, -0.2) is 0 Å². The molecule has 0 saturated carbocycles. The third-order valence-corrected chi connectivity index (χ3v) is 4.70. The molecule has 1 aliphatic heterocycles. The van der Waals surface area contributed by atoms with Gasteiger partial charge in [-0.1, -0.05) is 52.4 Å². The van der Waals surface area contributed by atoms with Crippen molar-refractivity contribution in [1.82, 2.24) is 0 Å². The zero-order valence-electron chi connectivity index (χ0n) is 12.8. The van der Waals surface area contributed by atoms with Gasteiger partial charge >= 0.3 is 0 Å². The molecule has 2 aromatic rings. The predicted octanol–water partition coefficient (Wildman–Crippen LogP) is 4.57. The molecule has 0 unspecified atom stereocenters. The summed E-state index contributed by atoms with van der Waals surface area (Å²) >= 11 is 2.37. The zero-order chi connectivity index (χ0) is 15.5. The molecule has 0 aliphatic carbocycles. The van der Waals surface area contributed by atoms with E-state index in [-0.39, 0.29) is 5.91 Å². The number of nitrogens with zero attached hydrogens (tertiary/aromatic N) is 1. The third kappa shape index (κ3) is 3.19. The largest absolute Gasteiger partial charge is 0.308 e. The van der Waals surface area contributed by atoms with Crippen molar-refractivity contribution >= 4 is 34.2 Å². The maximum absolute atomic E-state index is 12.9. The van der Waals surface area contributed by atoms with Crippen LogP contribution in [0.2, 0.25) is 0 Å². The van der Waals surface area contributed by atoms with Gasteiger partial charge < -0.3 is 4.90 Å². The molecule has 0 bridgehead atoms. The van der Waals surface area contributed by atoms with Gasteiger partial charge in [0.15, 0.2) is 0 Å². The molecule has 0 N–H and O–H groups in total. The fourth-order valence-corrected chi connectivity index (χ4v) is 3.68. The highest BCUT2D eigenvalue weighted by Crippen LogP contribution is 2.29. The monoisotopic (exact) mass is 405 g/mol. The summed E-state index contributed by atoms with van der Waals surface area (Å²) in [5.74, 6) is 0.125. The molecule has 0 atom stereocenters. The van der Waals surface area contributed by atoms with E-state index in [4.69, 9.17) is 0 Å². The van der Waals surface area contributed by atoms with E-state index in [9.17, 15) is 4.79 Å². The van der Waals surface area contributed by atoms with Crippen molar-refractivity contribution in [2.45, 2.75) is 26.2 Å². The molecule has 1 amide bonds. The Bertz CT molecular complexity index is 696. The number of fused-ring (bicyclic) bond motifs is 1. The number of hydrogen-bond donors (Lipinski definition) is 0. The second kappa shape index (κ2) is 6.82. The van der Waals surface area contributed by atoms with Crippen molar-refractivity contribution in [2.24, 2.45) is 0 Å². The van der Waals surface area contributed by atoms with Crippen LogP contribution in [-0.4, -0.2) is 16.9 Å². The summed E-state index contributed by atoms with van der Waals surface area (Å²) in [6.45, 7) is 2.92. The highest BCUT2D eigenvalue weighted by molar-refractivity contribution is 14.1. The number of carbonyl (C=O) groups excluding carboxylic acids is 1. The molecule has 0 spiro atoms. The number of hydrogen-bond acceptors (Lipinski definition) is 1. The Morgan fingerprint density at radius 2 is 2.09 bits per heavy atom. The third-order valence-electron chi connectivity index (χ3n) is 4.16. The quantitative estimate of drug-likeness (QED) is 0.542. The van der Waals surface area contributed by atoms with Crippen molar-refractivity contribution in [2.75, 3.05) is 15.9 Å². The number of benzene rings is 2. The topological polar surface area (TPSA) is 20.3 Å². The summed E-state index contributed by atoms with van der Waals surface area (Å²) < 4.78 is 1.07. The van der Waals surface area contributed by atoms with Gasteiger partial charge in [0.05, 0.1) is 0 Å². The second-order valence-corrected chi connectivity index (χ2v) is 6.91. The maximum Gasteiger partial charge on any atom is 0.258 e. The molecule has 0 aromatic heterocycles. The first-order valence-electron chi connectivity index (χ1n) is 7.75. The van der Waals surface area contributed by atoms with Crippen LogP contribution in [0.15, 0.2) is 42.5 Å². The van der Waals surface area contributed by atoms with Crippen LogP contribution in [0, 0.1) is 6.92 Å². The van der Waals surface area contributed by atoms with Crippen LogP contribution in [0.3, 0.4) is 0 Å². The van der Waals surface area contributed by atoms with Crippen LogP contribution in [0.25, 0.3) is 0 Å². The van der Waals surface area contributed by atoms with Gasteiger partial charge in [-0.2, -0.15) is 0 Å². The number of halogens is 1. The number of rotatable bonds is 3. The van der Waals surface area contributed by atoms with Crippen LogP contribution in [0.5, 0.6) is 0 Å². The van der Waals surface area contributed by atoms with E-state index in [1.54, 1.807) is 0 Å². The van der Waals surface area contributed by atoms with Gasteiger partial charge in [0.1, 0.15) is 0 Å². The summed E-state index contributed by atoms with van der Waals surface area (Å²) in [6.07, 6.45) is 3.11. The average molecular weight is 405 g/mol. The standard InChI is InChI=1S/C19H20INO/c1-14-7-8-18-16(12-14)6-3-11-21(18)19(22)17-5-2-4-15(13-17)9-10-20/h2,4-5,7-8,12-13H,3,6,9-11H2,1H3. The normalized spacial score (nSPS) is 13.8. The molecular weight excluding hydrogens is 385 g/mol. The summed E-state index contributed by atoms with van der Waals surface area (Å²) in [4.78, 5) is 14.9. The molecule has 114 valence electrons. The summed E-state index contributed by atoms with van der Waals surface area (Å²) in [5, 5.41) is 0. The van der Waals surface area contributed by atoms with E-state index < -0.39 is 0 Å². The molecule has 22 heavy (non-hydrogen) atoms. The van der Waals surface area contributed by atoms with Crippen LogP contribution in [-0.2, 0) is 12.8 Å². The van der Waals surface area contributed by atoms with E-state index >= 15 is 0 Å². The lowest BCUT2D eigenvalue weighted by Gasteiger charge is -2.30. The van der Waals surface area contributed by atoms with E-state index in [1.807, 2.05) is 23.1 Å².